The molecule has 31 heavy (non-hydrogen) atoms. The zero-order chi connectivity index (χ0) is 21.4. The Bertz CT molecular complexity index is 1120. The molecule has 2 aliphatic heterocycles. The van der Waals surface area contributed by atoms with Gasteiger partial charge in [0.05, 0.1) is 19.4 Å². The lowest BCUT2D eigenvalue weighted by Gasteiger charge is -2.23. The van der Waals surface area contributed by atoms with Crippen LogP contribution in [0.25, 0.3) is 0 Å². The SMILES string of the molecule is O=C(c1ccccc1Cn1ccnc1)N1CC[C@@]2(C1)CN(c1ccc(Cl)cc1)C(=O)O2. The molecule has 8 heteroatoms. The number of rotatable bonds is 4. The highest BCUT2D eigenvalue weighted by atomic mass is 35.5. The number of carbonyl (C=O) groups excluding carboxylic acids is 2. The minimum atomic E-state index is -0.689. The predicted molar refractivity (Wildman–Crippen MR) is 116 cm³/mol. The van der Waals surface area contributed by atoms with E-state index >= 15 is 0 Å². The van der Waals surface area contributed by atoms with E-state index < -0.39 is 11.7 Å². The lowest BCUT2D eigenvalue weighted by molar-refractivity contribution is 0.0553. The molecule has 1 aromatic heterocycles. The van der Waals surface area contributed by atoms with Gasteiger partial charge in [-0.1, -0.05) is 29.8 Å². The summed E-state index contributed by atoms with van der Waals surface area (Å²) >= 11 is 5.96. The molecule has 2 aliphatic rings. The number of benzene rings is 2. The first-order chi connectivity index (χ1) is 15.0. The van der Waals surface area contributed by atoms with E-state index in [1.165, 1.54) is 0 Å². The first-order valence-electron chi connectivity index (χ1n) is 10.1. The summed E-state index contributed by atoms with van der Waals surface area (Å²) in [7, 11) is 0. The van der Waals surface area contributed by atoms with Crippen molar-refractivity contribution in [2.24, 2.45) is 0 Å². The van der Waals surface area contributed by atoms with Crippen LogP contribution in [-0.2, 0) is 11.3 Å². The summed E-state index contributed by atoms with van der Waals surface area (Å²) < 4.78 is 7.72. The average Bonchev–Trinajstić information content (AvgIpc) is 3.50. The van der Waals surface area contributed by atoms with Gasteiger partial charge in [0.15, 0.2) is 5.60 Å². The molecule has 0 radical (unpaired) electrons. The molecule has 1 atom stereocenters. The summed E-state index contributed by atoms with van der Waals surface area (Å²) in [5.41, 5.74) is 1.64. The van der Waals surface area contributed by atoms with Gasteiger partial charge in [0.25, 0.3) is 5.91 Å². The second-order valence-corrected chi connectivity index (χ2v) is 8.42. The van der Waals surface area contributed by atoms with Crippen LogP contribution in [-0.4, -0.2) is 51.7 Å². The molecule has 3 heterocycles. The summed E-state index contributed by atoms with van der Waals surface area (Å²) in [4.78, 5) is 33.4. The smallest absolute Gasteiger partial charge is 0.415 e. The minimum absolute atomic E-state index is 0.0476. The molecule has 2 aromatic carbocycles. The van der Waals surface area contributed by atoms with Crippen LogP contribution in [0.3, 0.4) is 0 Å². The Kier molecular flexibility index (Phi) is 4.90. The molecule has 3 aromatic rings. The van der Waals surface area contributed by atoms with E-state index in [1.807, 2.05) is 35.0 Å². The molecule has 0 saturated carbocycles. The second kappa shape index (κ2) is 7.74. The number of likely N-dealkylation sites (tertiary alicyclic amines) is 1. The maximum absolute atomic E-state index is 13.3. The lowest BCUT2D eigenvalue weighted by atomic mass is 10.0. The van der Waals surface area contributed by atoms with Crippen molar-refractivity contribution >= 4 is 29.3 Å². The number of hydrogen-bond donors (Lipinski definition) is 0. The highest BCUT2D eigenvalue weighted by Gasteiger charge is 2.51. The van der Waals surface area contributed by atoms with Crippen LogP contribution in [0.15, 0.2) is 67.3 Å². The summed E-state index contributed by atoms with van der Waals surface area (Å²) in [6, 6.07) is 14.7. The summed E-state index contributed by atoms with van der Waals surface area (Å²) in [6.07, 6.45) is 5.54. The van der Waals surface area contributed by atoms with Gasteiger partial charge in [-0.2, -0.15) is 0 Å². The number of amides is 2. The standard InChI is InChI=1S/C23H21ClN4O3/c24-18-5-7-19(8-6-18)28-15-23(31-22(28)30)9-11-27(14-23)21(29)20-4-2-1-3-17(20)13-26-12-10-25-16-26/h1-8,10,12,16H,9,11,13-15H2/t23-/m1/s1. The van der Waals surface area contributed by atoms with E-state index in [9.17, 15) is 9.59 Å². The minimum Gasteiger partial charge on any atom is -0.439 e. The van der Waals surface area contributed by atoms with Gasteiger partial charge < -0.3 is 14.2 Å². The number of aromatic nitrogens is 2. The van der Waals surface area contributed by atoms with Crippen LogP contribution < -0.4 is 4.90 Å². The van der Waals surface area contributed by atoms with Gasteiger partial charge in [-0.05, 0) is 35.9 Å². The molecule has 7 nitrogen and oxygen atoms in total. The van der Waals surface area contributed by atoms with Crippen molar-refractivity contribution in [3.63, 3.8) is 0 Å². The van der Waals surface area contributed by atoms with E-state index in [-0.39, 0.29) is 5.91 Å². The van der Waals surface area contributed by atoms with Crippen LogP contribution in [0.2, 0.25) is 5.02 Å². The Hall–Kier alpha value is -3.32. The largest absolute Gasteiger partial charge is 0.439 e. The van der Waals surface area contributed by atoms with Crippen molar-refractivity contribution in [2.45, 2.75) is 18.6 Å². The van der Waals surface area contributed by atoms with Crippen molar-refractivity contribution < 1.29 is 14.3 Å². The number of carbonyl (C=O) groups is 2. The van der Waals surface area contributed by atoms with Crippen LogP contribution in [0, 0.1) is 0 Å². The molecule has 2 amide bonds. The van der Waals surface area contributed by atoms with Crippen LogP contribution in [0.5, 0.6) is 0 Å². The third-order valence-corrected chi connectivity index (χ3v) is 6.12. The fraction of sp³-hybridized carbons (Fsp3) is 0.261. The monoisotopic (exact) mass is 436 g/mol. The topological polar surface area (TPSA) is 67.7 Å². The van der Waals surface area contributed by atoms with Gasteiger partial charge in [-0.25, -0.2) is 9.78 Å². The normalized spacial score (nSPS) is 20.5. The molecular weight excluding hydrogens is 416 g/mol. The fourth-order valence-electron chi connectivity index (χ4n) is 4.29. The Morgan fingerprint density at radius 1 is 1.13 bits per heavy atom. The molecule has 0 unspecified atom stereocenters. The molecule has 2 saturated heterocycles. The zero-order valence-electron chi connectivity index (χ0n) is 16.8. The highest BCUT2D eigenvalue weighted by molar-refractivity contribution is 6.30. The number of anilines is 1. The van der Waals surface area contributed by atoms with Gasteiger partial charge >= 0.3 is 6.09 Å². The van der Waals surface area contributed by atoms with Crippen LogP contribution in [0.1, 0.15) is 22.3 Å². The van der Waals surface area contributed by atoms with E-state index in [2.05, 4.69) is 4.98 Å². The number of nitrogens with zero attached hydrogens (tertiary/aromatic N) is 4. The molecule has 1 spiro atoms. The number of imidazole rings is 1. The van der Waals surface area contributed by atoms with Crippen molar-refractivity contribution in [2.75, 3.05) is 24.5 Å². The number of hydrogen-bond acceptors (Lipinski definition) is 4. The van der Waals surface area contributed by atoms with Crippen molar-refractivity contribution in [1.82, 2.24) is 14.5 Å². The van der Waals surface area contributed by atoms with Crippen molar-refractivity contribution in [1.29, 1.82) is 0 Å². The molecule has 0 N–H and O–H groups in total. The zero-order valence-corrected chi connectivity index (χ0v) is 17.5. The molecule has 158 valence electrons. The molecule has 0 aliphatic carbocycles. The van der Waals surface area contributed by atoms with Crippen molar-refractivity contribution in [3.8, 4) is 0 Å². The Morgan fingerprint density at radius 3 is 2.71 bits per heavy atom. The van der Waals surface area contributed by atoms with E-state index in [4.69, 9.17) is 16.3 Å². The van der Waals surface area contributed by atoms with Crippen LogP contribution >= 0.6 is 11.6 Å². The van der Waals surface area contributed by atoms with Crippen LogP contribution in [0.4, 0.5) is 10.5 Å². The van der Waals surface area contributed by atoms with Crippen molar-refractivity contribution in [3.05, 3.63) is 83.4 Å². The van der Waals surface area contributed by atoms with Gasteiger partial charge in [-0.15, -0.1) is 0 Å². The third kappa shape index (κ3) is 3.77. The second-order valence-electron chi connectivity index (χ2n) is 7.98. The maximum Gasteiger partial charge on any atom is 0.415 e. The quantitative estimate of drug-likeness (QED) is 0.623. The Balaban J connectivity index is 1.33. The average molecular weight is 437 g/mol. The Labute approximate surface area is 184 Å². The van der Waals surface area contributed by atoms with Gasteiger partial charge in [-0.3, -0.25) is 9.69 Å². The number of halogens is 1. The van der Waals surface area contributed by atoms with E-state index in [1.54, 1.807) is 46.6 Å². The van der Waals surface area contributed by atoms with Gasteiger partial charge in [0, 0.05) is 48.2 Å². The van der Waals surface area contributed by atoms with E-state index in [0.29, 0.717) is 43.2 Å². The molecular formula is C23H21ClN4O3. The van der Waals surface area contributed by atoms with Gasteiger partial charge in [0.1, 0.15) is 0 Å². The molecule has 2 fully saturated rings. The predicted octanol–water partition coefficient (Wildman–Crippen LogP) is 3.83. The number of ether oxygens (including phenoxy) is 1. The summed E-state index contributed by atoms with van der Waals surface area (Å²) in [5.74, 6) is -0.0476. The summed E-state index contributed by atoms with van der Waals surface area (Å²) in [6.45, 7) is 1.90. The first kappa shape index (κ1) is 19.6. The molecule has 5 rings (SSSR count). The lowest BCUT2D eigenvalue weighted by Crippen LogP contribution is -2.39. The van der Waals surface area contributed by atoms with Gasteiger partial charge in [0.2, 0.25) is 0 Å². The maximum atomic E-state index is 13.3. The highest BCUT2D eigenvalue weighted by Crippen LogP contribution is 2.36. The fourth-order valence-corrected chi connectivity index (χ4v) is 4.41. The van der Waals surface area contributed by atoms with E-state index in [0.717, 1.165) is 11.3 Å². The first-order valence-corrected chi connectivity index (χ1v) is 10.5. The third-order valence-electron chi connectivity index (χ3n) is 5.87. The summed E-state index contributed by atoms with van der Waals surface area (Å²) in [5, 5.41) is 0.609. The molecule has 0 bridgehead atoms. The Morgan fingerprint density at radius 2 is 1.94 bits per heavy atom.